The molecule has 22 heavy (non-hydrogen) atoms. The van der Waals surface area contributed by atoms with Crippen LogP contribution in [0.25, 0.3) is 5.57 Å². The van der Waals surface area contributed by atoms with E-state index in [2.05, 4.69) is 51.2 Å². The van der Waals surface area contributed by atoms with Crippen LogP contribution in [-0.4, -0.2) is 6.04 Å². The van der Waals surface area contributed by atoms with Crippen molar-refractivity contribution in [3.05, 3.63) is 46.0 Å². The van der Waals surface area contributed by atoms with Crippen LogP contribution in [0.5, 0.6) is 0 Å². The molecule has 0 spiro atoms. The smallest absolute Gasteiger partial charge is 0.0422 e. The van der Waals surface area contributed by atoms with Gasteiger partial charge in [0.2, 0.25) is 0 Å². The Hall–Kier alpha value is -1.50. The SMILES string of the molecule is CC1=C(C)C(c2cc(C)ccc2NC2CCCCC2)=C(C)C1. The van der Waals surface area contributed by atoms with Crippen LogP contribution in [0.15, 0.2) is 34.9 Å². The van der Waals surface area contributed by atoms with Gasteiger partial charge < -0.3 is 5.32 Å². The molecule has 0 bridgehead atoms. The van der Waals surface area contributed by atoms with Crippen LogP contribution in [0, 0.1) is 6.92 Å². The van der Waals surface area contributed by atoms with Gasteiger partial charge in [0.15, 0.2) is 0 Å². The second-order valence-corrected chi connectivity index (χ2v) is 7.27. The quantitative estimate of drug-likeness (QED) is 0.694. The van der Waals surface area contributed by atoms with E-state index in [9.17, 15) is 0 Å². The number of benzene rings is 1. The molecule has 0 heterocycles. The maximum absolute atomic E-state index is 3.85. The van der Waals surface area contributed by atoms with Gasteiger partial charge in [-0.2, -0.15) is 0 Å². The molecule has 0 aliphatic heterocycles. The lowest BCUT2D eigenvalue weighted by atomic mass is 9.92. The Morgan fingerprint density at radius 3 is 2.27 bits per heavy atom. The number of anilines is 1. The van der Waals surface area contributed by atoms with E-state index in [0.717, 1.165) is 6.42 Å². The van der Waals surface area contributed by atoms with E-state index in [4.69, 9.17) is 0 Å². The van der Waals surface area contributed by atoms with Crippen molar-refractivity contribution < 1.29 is 0 Å². The fourth-order valence-electron chi connectivity index (χ4n) is 4.04. The van der Waals surface area contributed by atoms with Gasteiger partial charge in [0.1, 0.15) is 0 Å². The molecule has 1 nitrogen and oxygen atoms in total. The summed E-state index contributed by atoms with van der Waals surface area (Å²) in [4.78, 5) is 0. The fraction of sp³-hybridized carbons (Fsp3) is 0.524. The standard InChI is InChI=1S/C21H29N/c1-14-10-11-20(22-18-8-6-5-7-9-18)19(12-14)21-16(3)13-15(2)17(21)4/h10-12,18,22H,5-9,13H2,1-4H3. The zero-order chi connectivity index (χ0) is 15.7. The minimum absolute atomic E-state index is 0.655. The van der Waals surface area contributed by atoms with Crippen LogP contribution in [-0.2, 0) is 0 Å². The van der Waals surface area contributed by atoms with Gasteiger partial charge in [0, 0.05) is 17.3 Å². The van der Waals surface area contributed by atoms with Crippen LogP contribution >= 0.6 is 0 Å². The Bertz CT molecular complexity index is 627. The molecule has 0 amide bonds. The van der Waals surface area contributed by atoms with Crippen molar-refractivity contribution in [3.8, 4) is 0 Å². The van der Waals surface area contributed by atoms with Gasteiger partial charge in [-0.3, -0.25) is 0 Å². The number of hydrogen-bond acceptors (Lipinski definition) is 1. The van der Waals surface area contributed by atoms with Gasteiger partial charge >= 0.3 is 0 Å². The summed E-state index contributed by atoms with van der Waals surface area (Å²) < 4.78 is 0. The average molecular weight is 295 g/mol. The van der Waals surface area contributed by atoms with E-state index < -0.39 is 0 Å². The molecule has 1 aromatic carbocycles. The third-order valence-electron chi connectivity index (χ3n) is 5.38. The predicted octanol–water partition coefficient (Wildman–Crippen LogP) is 6.25. The van der Waals surface area contributed by atoms with Crippen molar-refractivity contribution >= 4 is 11.3 Å². The van der Waals surface area contributed by atoms with Crippen molar-refractivity contribution in [2.45, 2.75) is 72.3 Å². The molecule has 0 unspecified atom stereocenters. The highest BCUT2D eigenvalue weighted by molar-refractivity contribution is 5.90. The monoisotopic (exact) mass is 295 g/mol. The molecule has 2 aliphatic carbocycles. The van der Waals surface area contributed by atoms with Crippen LogP contribution in [0.4, 0.5) is 5.69 Å². The molecule has 1 aromatic rings. The lowest BCUT2D eigenvalue weighted by molar-refractivity contribution is 0.462. The molecule has 1 N–H and O–H groups in total. The van der Waals surface area contributed by atoms with E-state index in [0.29, 0.717) is 6.04 Å². The number of allylic oxidation sites excluding steroid dienone is 4. The highest BCUT2D eigenvalue weighted by Crippen LogP contribution is 2.41. The van der Waals surface area contributed by atoms with Crippen LogP contribution < -0.4 is 5.32 Å². The Labute approximate surface area is 135 Å². The van der Waals surface area contributed by atoms with E-state index in [1.165, 1.54) is 71.2 Å². The first-order chi connectivity index (χ1) is 10.6. The summed E-state index contributed by atoms with van der Waals surface area (Å²) in [6.45, 7) is 9.05. The van der Waals surface area contributed by atoms with Gasteiger partial charge in [0.05, 0.1) is 0 Å². The zero-order valence-electron chi connectivity index (χ0n) is 14.6. The Kier molecular flexibility index (Phi) is 4.42. The summed E-state index contributed by atoms with van der Waals surface area (Å²) >= 11 is 0. The second kappa shape index (κ2) is 6.32. The van der Waals surface area contributed by atoms with Crippen molar-refractivity contribution in [2.24, 2.45) is 0 Å². The molecular weight excluding hydrogens is 266 g/mol. The van der Waals surface area contributed by atoms with Gasteiger partial charge in [-0.25, -0.2) is 0 Å². The van der Waals surface area contributed by atoms with Crippen LogP contribution in [0.1, 0.15) is 70.4 Å². The molecule has 1 saturated carbocycles. The summed E-state index contributed by atoms with van der Waals surface area (Å²) in [5, 5.41) is 3.85. The van der Waals surface area contributed by atoms with Crippen molar-refractivity contribution in [3.63, 3.8) is 0 Å². The first kappa shape index (κ1) is 15.4. The Morgan fingerprint density at radius 1 is 0.909 bits per heavy atom. The van der Waals surface area contributed by atoms with Gasteiger partial charge in [0.25, 0.3) is 0 Å². The van der Waals surface area contributed by atoms with Gasteiger partial charge in [-0.15, -0.1) is 0 Å². The predicted molar refractivity (Wildman–Crippen MR) is 97.3 cm³/mol. The van der Waals surface area contributed by atoms with Crippen molar-refractivity contribution in [1.82, 2.24) is 0 Å². The Morgan fingerprint density at radius 2 is 1.64 bits per heavy atom. The maximum Gasteiger partial charge on any atom is 0.0422 e. The fourth-order valence-corrected chi connectivity index (χ4v) is 4.04. The molecule has 1 heteroatoms. The van der Waals surface area contributed by atoms with Crippen molar-refractivity contribution in [1.29, 1.82) is 0 Å². The largest absolute Gasteiger partial charge is 0.382 e. The lowest BCUT2D eigenvalue weighted by Gasteiger charge is -2.26. The summed E-state index contributed by atoms with van der Waals surface area (Å²) in [5.74, 6) is 0. The molecule has 3 rings (SSSR count). The molecule has 0 aromatic heterocycles. The molecule has 0 radical (unpaired) electrons. The highest BCUT2D eigenvalue weighted by Gasteiger charge is 2.21. The number of aryl methyl sites for hydroxylation is 1. The summed E-state index contributed by atoms with van der Waals surface area (Å²) in [7, 11) is 0. The minimum Gasteiger partial charge on any atom is -0.382 e. The van der Waals surface area contributed by atoms with E-state index in [1.807, 2.05) is 0 Å². The number of hydrogen-bond donors (Lipinski definition) is 1. The first-order valence-corrected chi connectivity index (χ1v) is 8.80. The minimum atomic E-state index is 0.655. The van der Waals surface area contributed by atoms with Crippen LogP contribution in [0.3, 0.4) is 0 Å². The van der Waals surface area contributed by atoms with Gasteiger partial charge in [-0.05, 0) is 70.2 Å². The topological polar surface area (TPSA) is 12.0 Å². The average Bonchev–Trinajstić information content (AvgIpc) is 2.75. The maximum atomic E-state index is 3.85. The summed E-state index contributed by atoms with van der Waals surface area (Å²) in [6.07, 6.45) is 7.93. The van der Waals surface area contributed by atoms with E-state index in [1.54, 1.807) is 0 Å². The van der Waals surface area contributed by atoms with E-state index in [-0.39, 0.29) is 0 Å². The second-order valence-electron chi connectivity index (χ2n) is 7.27. The van der Waals surface area contributed by atoms with Crippen LogP contribution in [0.2, 0.25) is 0 Å². The summed E-state index contributed by atoms with van der Waals surface area (Å²) in [6, 6.07) is 7.56. The first-order valence-electron chi connectivity index (χ1n) is 8.80. The number of nitrogens with one attached hydrogen (secondary N) is 1. The molecule has 118 valence electrons. The third kappa shape index (κ3) is 2.99. The lowest BCUT2D eigenvalue weighted by Crippen LogP contribution is -2.22. The van der Waals surface area contributed by atoms with Crippen molar-refractivity contribution in [2.75, 3.05) is 5.32 Å². The Balaban J connectivity index is 1.96. The normalized spacial score (nSPS) is 20.0. The third-order valence-corrected chi connectivity index (χ3v) is 5.38. The molecule has 2 aliphatic rings. The highest BCUT2D eigenvalue weighted by atomic mass is 14.9. The van der Waals surface area contributed by atoms with Gasteiger partial charge in [-0.1, -0.05) is 42.0 Å². The molecular formula is C21H29N. The summed E-state index contributed by atoms with van der Waals surface area (Å²) in [5.41, 5.74) is 10.1. The molecule has 0 atom stereocenters. The molecule has 1 fully saturated rings. The molecule has 0 saturated heterocycles. The number of rotatable bonds is 3. The zero-order valence-corrected chi connectivity index (χ0v) is 14.6. The van der Waals surface area contributed by atoms with E-state index >= 15 is 0 Å².